The normalized spacial score (nSPS) is 19.7. The lowest BCUT2D eigenvalue weighted by molar-refractivity contribution is 0.0677. The second kappa shape index (κ2) is 5.46. The minimum Gasteiger partial charge on any atom is -0.490 e. The first-order chi connectivity index (χ1) is 7.79. The van der Waals surface area contributed by atoms with Gasteiger partial charge in [-0.1, -0.05) is 0 Å². The molecule has 4 heteroatoms. The zero-order valence-electron chi connectivity index (χ0n) is 8.82. The number of halogens is 1. The predicted octanol–water partition coefficient (Wildman–Crippen LogP) is 2.82. The van der Waals surface area contributed by atoms with Crippen molar-refractivity contribution in [1.82, 2.24) is 0 Å². The van der Waals surface area contributed by atoms with E-state index in [1.165, 1.54) is 0 Å². The summed E-state index contributed by atoms with van der Waals surface area (Å²) in [7, 11) is 0. The van der Waals surface area contributed by atoms with Crippen LogP contribution in [0.15, 0.2) is 22.7 Å². The Labute approximate surface area is 103 Å². The number of carbonyl (C=O) groups excluding carboxylic acids is 1. The summed E-state index contributed by atoms with van der Waals surface area (Å²) in [5, 5.41) is 0. The van der Waals surface area contributed by atoms with Crippen molar-refractivity contribution in [2.75, 3.05) is 13.2 Å². The molecule has 1 aliphatic heterocycles. The zero-order valence-corrected chi connectivity index (χ0v) is 10.4. The summed E-state index contributed by atoms with van der Waals surface area (Å²) < 4.78 is 11.9. The van der Waals surface area contributed by atoms with Gasteiger partial charge in [-0.25, -0.2) is 0 Å². The quantitative estimate of drug-likeness (QED) is 0.798. The van der Waals surface area contributed by atoms with Crippen molar-refractivity contribution in [3.63, 3.8) is 0 Å². The van der Waals surface area contributed by atoms with Gasteiger partial charge >= 0.3 is 0 Å². The fourth-order valence-corrected chi connectivity index (χ4v) is 2.18. The van der Waals surface area contributed by atoms with E-state index in [1.54, 1.807) is 18.2 Å². The fourth-order valence-electron chi connectivity index (χ4n) is 1.67. The van der Waals surface area contributed by atoms with Gasteiger partial charge in [0.25, 0.3) is 0 Å². The first-order valence-corrected chi connectivity index (χ1v) is 6.08. The second-order valence-corrected chi connectivity index (χ2v) is 4.61. The molecule has 86 valence electrons. The van der Waals surface area contributed by atoms with Crippen molar-refractivity contribution in [1.29, 1.82) is 0 Å². The van der Waals surface area contributed by atoms with E-state index in [-0.39, 0.29) is 6.10 Å². The van der Waals surface area contributed by atoms with E-state index in [2.05, 4.69) is 15.9 Å². The van der Waals surface area contributed by atoms with Crippen molar-refractivity contribution in [2.45, 2.75) is 18.9 Å². The van der Waals surface area contributed by atoms with Crippen LogP contribution < -0.4 is 4.74 Å². The van der Waals surface area contributed by atoms with E-state index in [1.807, 2.05) is 0 Å². The first kappa shape index (κ1) is 11.6. The number of aldehydes is 1. The minimum atomic E-state index is 0.206. The maximum atomic E-state index is 10.6. The van der Waals surface area contributed by atoms with Gasteiger partial charge in [0.15, 0.2) is 0 Å². The zero-order chi connectivity index (χ0) is 11.4. The molecule has 0 spiro atoms. The Kier molecular flexibility index (Phi) is 3.96. The molecule has 1 aliphatic rings. The maximum Gasteiger partial charge on any atom is 0.150 e. The standard InChI is InChI=1S/C12H13BrO3/c13-11-6-9(7-14)3-4-12(11)16-8-10-2-1-5-15-10/h3-4,6-7,10H,1-2,5,8H2. The van der Waals surface area contributed by atoms with E-state index in [9.17, 15) is 4.79 Å². The molecule has 1 aromatic carbocycles. The monoisotopic (exact) mass is 284 g/mol. The highest BCUT2D eigenvalue weighted by molar-refractivity contribution is 9.10. The Bertz CT molecular complexity index is 373. The van der Waals surface area contributed by atoms with Gasteiger partial charge in [-0.2, -0.15) is 0 Å². The van der Waals surface area contributed by atoms with E-state index in [4.69, 9.17) is 9.47 Å². The van der Waals surface area contributed by atoms with Crippen molar-refractivity contribution >= 4 is 22.2 Å². The van der Waals surface area contributed by atoms with Gasteiger partial charge in [0, 0.05) is 12.2 Å². The van der Waals surface area contributed by atoms with E-state index < -0.39 is 0 Å². The number of carbonyl (C=O) groups is 1. The molecular weight excluding hydrogens is 272 g/mol. The molecule has 1 aromatic rings. The topological polar surface area (TPSA) is 35.5 Å². The van der Waals surface area contributed by atoms with Gasteiger partial charge < -0.3 is 9.47 Å². The molecule has 0 amide bonds. The molecule has 0 aromatic heterocycles. The molecular formula is C12H13BrO3. The molecule has 0 radical (unpaired) electrons. The average Bonchev–Trinajstić information content (AvgIpc) is 2.80. The molecule has 0 bridgehead atoms. The molecule has 0 saturated carbocycles. The molecule has 1 saturated heterocycles. The second-order valence-electron chi connectivity index (χ2n) is 3.75. The SMILES string of the molecule is O=Cc1ccc(OCC2CCCO2)c(Br)c1. The molecule has 1 unspecified atom stereocenters. The van der Waals surface area contributed by atoms with Gasteiger partial charge in [0.1, 0.15) is 18.6 Å². The van der Waals surface area contributed by atoms with Crippen LogP contribution in [-0.4, -0.2) is 25.6 Å². The van der Waals surface area contributed by atoms with Gasteiger partial charge in [-0.15, -0.1) is 0 Å². The highest BCUT2D eigenvalue weighted by atomic mass is 79.9. The number of rotatable bonds is 4. The lowest BCUT2D eigenvalue weighted by atomic mass is 10.2. The number of hydrogen-bond donors (Lipinski definition) is 0. The maximum absolute atomic E-state index is 10.6. The molecule has 3 nitrogen and oxygen atoms in total. The van der Waals surface area contributed by atoms with Crippen molar-refractivity contribution in [3.8, 4) is 5.75 Å². The van der Waals surface area contributed by atoms with Gasteiger partial charge in [0.05, 0.1) is 10.6 Å². The van der Waals surface area contributed by atoms with Gasteiger partial charge in [0.2, 0.25) is 0 Å². The minimum absolute atomic E-state index is 0.206. The van der Waals surface area contributed by atoms with Gasteiger partial charge in [-0.3, -0.25) is 4.79 Å². The summed E-state index contributed by atoms with van der Waals surface area (Å²) in [5.74, 6) is 0.751. The Hall–Kier alpha value is -0.870. The van der Waals surface area contributed by atoms with E-state index in [0.717, 1.165) is 36.0 Å². The van der Waals surface area contributed by atoms with E-state index in [0.29, 0.717) is 12.2 Å². The fraction of sp³-hybridized carbons (Fsp3) is 0.417. The van der Waals surface area contributed by atoms with Crippen molar-refractivity contribution < 1.29 is 14.3 Å². The average molecular weight is 285 g/mol. The van der Waals surface area contributed by atoms with Crippen LogP contribution in [0.25, 0.3) is 0 Å². The van der Waals surface area contributed by atoms with Crippen LogP contribution in [0.3, 0.4) is 0 Å². The lowest BCUT2D eigenvalue weighted by Crippen LogP contribution is -2.16. The van der Waals surface area contributed by atoms with Crippen LogP contribution in [0, 0.1) is 0 Å². The lowest BCUT2D eigenvalue weighted by Gasteiger charge is -2.12. The molecule has 2 rings (SSSR count). The third-order valence-electron chi connectivity index (χ3n) is 2.54. The molecule has 0 N–H and O–H groups in total. The summed E-state index contributed by atoms with van der Waals surface area (Å²) in [4.78, 5) is 10.6. The number of ether oxygens (including phenoxy) is 2. The Morgan fingerprint density at radius 1 is 1.56 bits per heavy atom. The molecule has 1 heterocycles. The van der Waals surface area contributed by atoms with E-state index >= 15 is 0 Å². The van der Waals surface area contributed by atoms with Crippen LogP contribution in [0.2, 0.25) is 0 Å². The number of hydrogen-bond acceptors (Lipinski definition) is 3. The predicted molar refractivity (Wildman–Crippen MR) is 64.0 cm³/mol. The molecule has 0 aliphatic carbocycles. The molecule has 1 fully saturated rings. The molecule has 16 heavy (non-hydrogen) atoms. The Balaban J connectivity index is 1.95. The highest BCUT2D eigenvalue weighted by Gasteiger charge is 2.16. The highest BCUT2D eigenvalue weighted by Crippen LogP contribution is 2.26. The van der Waals surface area contributed by atoms with Crippen LogP contribution in [-0.2, 0) is 4.74 Å². The third-order valence-corrected chi connectivity index (χ3v) is 3.16. The van der Waals surface area contributed by atoms with Crippen LogP contribution in [0.4, 0.5) is 0 Å². The van der Waals surface area contributed by atoms with Crippen molar-refractivity contribution in [3.05, 3.63) is 28.2 Å². The van der Waals surface area contributed by atoms with Crippen LogP contribution in [0.1, 0.15) is 23.2 Å². The summed E-state index contributed by atoms with van der Waals surface area (Å²) in [6.45, 7) is 1.40. The summed E-state index contributed by atoms with van der Waals surface area (Å²) in [5.41, 5.74) is 0.636. The van der Waals surface area contributed by atoms with Crippen LogP contribution >= 0.6 is 15.9 Å². The smallest absolute Gasteiger partial charge is 0.150 e. The van der Waals surface area contributed by atoms with Gasteiger partial charge in [-0.05, 0) is 47.0 Å². The third kappa shape index (κ3) is 2.83. The molecule has 1 atom stereocenters. The Morgan fingerprint density at radius 2 is 2.44 bits per heavy atom. The Morgan fingerprint density at radius 3 is 3.06 bits per heavy atom. The summed E-state index contributed by atoms with van der Waals surface area (Å²) in [6.07, 6.45) is 3.19. The van der Waals surface area contributed by atoms with Crippen molar-refractivity contribution in [2.24, 2.45) is 0 Å². The largest absolute Gasteiger partial charge is 0.490 e. The first-order valence-electron chi connectivity index (χ1n) is 5.29. The number of benzene rings is 1. The van der Waals surface area contributed by atoms with Crippen LogP contribution in [0.5, 0.6) is 5.75 Å². The summed E-state index contributed by atoms with van der Waals surface area (Å²) in [6, 6.07) is 5.28. The summed E-state index contributed by atoms with van der Waals surface area (Å²) >= 11 is 3.37.